The number of nitrogens with zero attached hydrogens (tertiary/aromatic N) is 1. The van der Waals surface area contributed by atoms with Crippen LogP contribution in [0.15, 0.2) is 23.8 Å². The summed E-state index contributed by atoms with van der Waals surface area (Å²) in [6, 6.07) is 4.25. The first-order valence-electron chi connectivity index (χ1n) is 7.93. The smallest absolute Gasteiger partial charge is 0.161 e. The summed E-state index contributed by atoms with van der Waals surface area (Å²) < 4.78 is 11.0. The summed E-state index contributed by atoms with van der Waals surface area (Å²) in [7, 11) is 3.36. The van der Waals surface area contributed by atoms with E-state index in [4.69, 9.17) is 9.47 Å². The monoisotopic (exact) mass is 299 g/mol. The molecule has 4 nitrogen and oxygen atoms in total. The number of rotatable bonds is 2. The predicted octanol–water partition coefficient (Wildman–Crippen LogP) is 2.45. The van der Waals surface area contributed by atoms with Crippen LogP contribution in [0.3, 0.4) is 0 Å². The number of ether oxygens (including phenoxy) is 2. The van der Waals surface area contributed by atoms with Gasteiger partial charge in [0, 0.05) is 19.5 Å². The first kappa shape index (κ1) is 13.8. The van der Waals surface area contributed by atoms with Crippen molar-refractivity contribution in [2.75, 3.05) is 27.3 Å². The molecular weight excluding hydrogens is 278 g/mol. The van der Waals surface area contributed by atoms with Gasteiger partial charge >= 0.3 is 0 Å². The molecular formula is C18H21NO3. The quantitative estimate of drug-likeness (QED) is 0.841. The Balaban J connectivity index is 1.94. The van der Waals surface area contributed by atoms with Crippen LogP contribution in [-0.4, -0.2) is 38.0 Å². The van der Waals surface area contributed by atoms with Gasteiger partial charge in [0.2, 0.25) is 0 Å². The minimum atomic E-state index is -0.0823. The molecule has 22 heavy (non-hydrogen) atoms. The molecule has 0 saturated carbocycles. The number of methoxy groups -OCH3 is 2. The number of allylic oxidation sites excluding steroid dienone is 1. The summed E-state index contributed by atoms with van der Waals surface area (Å²) in [5.41, 5.74) is 3.85. The number of ketones is 1. The Labute approximate surface area is 130 Å². The highest BCUT2D eigenvalue weighted by molar-refractivity contribution is 5.92. The van der Waals surface area contributed by atoms with Gasteiger partial charge in [0.05, 0.1) is 19.8 Å². The van der Waals surface area contributed by atoms with E-state index in [1.165, 1.54) is 16.7 Å². The molecule has 4 rings (SSSR count). The fraction of sp³-hybridized carbons (Fsp3) is 0.500. The minimum Gasteiger partial charge on any atom is -0.493 e. The zero-order chi connectivity index (χ0) is 15.3. The predicted molar refractivity (Wildman–Crippen MR) is 83.4 cm³/mol. The second-order valence-corrected chi connectivity index (χ2v) is 6.35. The zero-order valence-corrected chi connectivity index (χ0v) is 13.1. The van der Waals surface area contributed by atoms with E-state index in [1.807, 2.05) is 6.08 Å². The standard InChI is InChI=1S/C18H21NO3/c1-21-16-9-12-4-7-19-8-5-13-10-14(20)3-6-18(13,19)15(12)11-17(16)22-2/h9-11H,3-8H2,1-2H3/t18-/m0/s1. The molecule has 116 valence electrons. The average Bonchev–Trinajstić information content (AvgIpc) is 2.92. The van der Waals surface area contributed by atoms with Crippen molar-refractivity contribution in [3.8, 4) is 11.5 Å². The minimum absolute atomic E-state index is 0.0823. The molecule has 1 atom stereocenters. The Morgan fingerprint density at radius 1 is 1.05 bits per heavy atom. The molecule has 1 spiro atoms. The third kappa shape index (κ3) is 1.70. The van der Waals surface area contributed by atoms with E-state index in [2.05, 4.69) is 17.0 Å². The first-order chi connectivity index (χ1) is 10.7. The molecule has 0 unspecified atom stereocenters. The van der Waals surface area contributed by atoms with Crippen LogP contribution in [0.25, 0.3) is 0 Å². The van der Waals surface area contributed by atoms with Gasteiger partial charge in [0.25, 0.3) is 0 Å². The number of hydrogen-bond donors (Lipinski definition) is 0. The fourth-order valence-electron chi connectivity index (χ4n) is 4.49. The molecule has 4 heteroatoms. The highest BCUT2D eigenvalue weighted by Gasteiger charge is 2.50. The van der Waals surface area contributed by atoms with Crippen molar-refractivity contribution in [1.29, 1.82) is 0 Å². The Morgan fingerprint density at radius 3 is 2.55 bits per heavy atom. The third-order valence-corrected chi connectivity index (χ3v) is 5.50. The van der Waals surface area contributed by atoms with E-state index >= 15 is 0 Å². The number of hydrogen-bond acceptors (Lipinski definition) is 4. The summed E-state index contributed by atoms with van der Waals surface area (Å²) >= 11 is 0. The lowest BCUT2D eigenvalue weighted by molar-refractivity contribution is -0.115. The molecule has 2 aliphatic heterocycles. The fourth-order valence-corrected chi connectivity index (χ4v) is 4.49. The number of carbonyl (C=O) groups excluding carboxylic acids is 1. The maximum absolute atomic E-state index is 11.9. The normalized spacial score (nSPS) is 26.8. The SMILES string of the molecule is COc1cc2c(cc1OC)[C@]13CCC(=O)C=C1CCN3CC2. The summed E-state index contributed by atoms with van der Waals surface area (Å²) in [5.74, 6) is 1.84. The van der Waals surface area contributed by atoms with E-state index in [0.717, 1.165) is 43.9 Å². The third-order valence-electron chi connectivity index (χ3n) is 5.50. The van der Waals surface area contributed by atoms with Crippen LogP contribution in [0, 0.1) is 0 Å². The molecule has 0 radical (unpaired) electrons. The largest absolute Gasteiger partial charge is 0.493 e. The average molecular weight is 299 g/mol. The number of benzene rings is 1. The molecule has 1 aromatic carbocycles. The topological polar surface area (TPSA) is 38.8 Å². The maximum atomic E-state index is 11.9. The molecule has 1 aromatic rings. The van der Waals surface area contributed by atoms with Gasteiger partial charge in [-0.1, -0.05) is 0 Å². The van der Waals surface area contributed by atoms with Crippen molar-refractivity contribution in [3.63, 3.8) is 0 Å². The highest BCUT2D eigenvalue weighted by atomic mass is 16.5. The van der Waals surface area contributed by atoms with Gasteiger partial charge < -0.3 is 9.47 Å². The van der Waals surface area contributed by atoms with E-state index in [-0.39, 0.29) is 11.3 Å². The van der Waals surface area contributed by atoms with Crippen LogP contribution < -0.4 is 9.47 Å². The maximum Gasteiger partial charge on any atom is 0.161 e. The van der Waals surface area contributed by atoms with Crippen LogP contribution in [0.5, 0.6) is 11.5 Å². The molecule has 0 amide bonds. The molecule has 1 aliphatic carbocycles. The summed E-state index contributed by atoms with van der Waals surface area (Å²) in [5, 5.41) is 0. The molecule has 0 bridgehead atoms. The van der Waals surface area contributed by atoms with Gasteiger partial charge in [0.15, 0.2) is 17.3 Å². The molecule has 0 aromatic heterocycles. The van der Waals surface area contributed by atoms with Gasteiger partial charge in [-0.25, -0.2) is 0 Å². The lowest BCUT2D eigenvalue weighted by Crippen LogP contribution is -2.48. The van der Waals surface area contributed by atoms with E-state index in [0.29, 0.717) is 6.42 Å². The van der Waals surface area contributed by atoms with Crippen molar-refractivity contribution in [2.45, 2.75) is 31.2 Å². The van der Waals surface area contributed by atoms with Crippen LogP contribution in [0.4, 0.5) is 0 Å². The van der Waals surface area contributed by atoms with Crippen LogP contribution in [-0.2, 0) is 16.8 Å². The van der Waals surface area contributed by atoms with Crippen molar-refractivity contribution in [3.05, 3.63) is 34.9 Å². The van der Waals surface area contributed by atoms with Gasteiger partial charge in [-0.05, 0) is 54.2 Å². The van der Waals surface area contributed by atoms with Crippen LogP contribution >= 0.6 is 0 Å². The Hall–Kier alpha value is -1.81. The van der Waals surface area contributed by atoms with Crippen molar-refractivity contribution in [1.82, 2.24) is 4.90 Å². The Kier molecular flexibility index (Phi) is 3.05. The molecule has 1 fully saturated rings. The zero-order valence-electron chi connectivity index (χ0n) is 13.1. The first-order valence-corrected chi connectivity index (χ1v) is 7.93. The molecule has 3 aliphatic rings. The highest BCUT2D eigenvalue weighted by Crippen LogP contribution is 2.53. The summed E-state index contributed by atoms with van der Waals surface area (Å²) in [6.45, 7) is 2.10. The van der Waals surface area contributed by atoms with E-state index < -0.39 is 0 Å². The Bertz CT molecular complexity index is 679. The Morgan fingerprint density at radius 2 is 1.77 bits per heavy atom. The van der Waals surface area contributed by atoms with Gasteiger partial charge in [-0.15, -0.1) is 0 Å². The molecule has 2 heterocycles. The van der Waals surface area contributed by atoms with E-state index in [9.17, 15) is 4.79 Å². The second kappa shape index (κ2) is 4.85. The van der Waals surface area contributed by atoms with Crippen LogP contribution in [0.1, 0.15) is 30.4 Å². The van der Waals surface area contributed by atoms with Gasteiger partial charge in [-0.3, -0.25) is 9.69 Å². The van der Waals surface area contributed by atoms with Crippen molar-refractivity contribution < 1.29 is 14.3 Å². The number of carbonyl (C=O) groups is 1. The number of fused-ring (bicyclic) bond motifs is 1. The molecule has 1 saturated heterocycles. The second-order valence-electron chi connectivity index (χ2n) is 6.35. The van der Waals surface area contributed by atoms with Gasteiger partial charge in [0.1, 0.15) is 0 Å². The lowest BCUT2D eigenvalue weighted by atomic mass is 9.71. The lowest BCUT2D eigenvalue weighted by Gasteiger charge is -2.46. The molecule has 0 N–H and O–H groups in total. The summed E-state index contributed by atoms with van der Waals surface area (Å²) in [4.78, 5) is 14.4. The van der Waals surface area contributed by atoms with Crippen molar-refractivity contribution in [2.24, 2.45) is 0 Å². The van der Waals surface area contributed by atoms with Gasteiger partial charge in [-0.2, -0.15) is 0 Å². The van der Waals surface area contributed by atoms with E-state index in [1.54, 1.807) is 14.2 Å². The summed E-state index contributed by atoms with van der Waals surface area (Å²) in [6.07, 6.45) is 5.45. The van der Waals surface area contributed by atoms with Crippen molar-refractivity contribution >= 4 is 5.78 Å². The van der Waals surface area contributed by atoms with Crippen LogP contribution in [0.2, 0.25) is 0 Å².